The van der Waals surface area contributed by atoms with Crippen molar-refractivity contribution in [3.63, 3.8) is 0 Å². The zero-order valence-corrected chi connectivity index (χ0v) is 17.4. The van der Waals surface area contributed by atoms with Crippen LogP contribution in [0.25, 0.3) is 0 Å². The molecule has 1 saturated heterocycles. The first-order valence-corrected chi connectivity index (χ1v) is 11.1. The van der Waals surface area contributed by atoms with Gasteiger partial charge in [-0.2, -0.15) is 9.57 Å². The smallest absolute Gasteiger partial charge is 0.243 e. The second-order valence-electron chi connectivity index (χ2n) is 7.46. The molecule has 0 aliphatic carbocycles. The SMILES string of the molecule is Cc1ccc(C(C)NC(=O)C2CCN(S(=O)(=O)c3ccc(C#N)cc3)CC2)cc1. The van der Waals surface area contributed by atoms with Crippen LogP contribution in [-0.4, -0.2) is 31.7 Å². The van der Waals surface area contributed by atoms with Crippen molar-refractivity contribution in [3.05, 3.63) is 65.2 Å². The first-order chi connectivity index (χ1) is 13.8. The van der Waals surface area contributed by atoms with Crippen LogP contribution < -0.4 is 5.32 Å². The Morgan fingerprint density at radius 2 is 1.69 bits per heavy atom. The van der Waals surface area contributed by atoms with Crippen molar-refractivity contribution < 1.29 is 13.2 Å². The summed E-state index contributed by atoms with van der Waals surface area (Å²) in [4.78, 5) is 12.8. The van der Waals surface area contributed by atoms with Gasteiger partial charge in [0.1, 0.15) is 0 Å². The minimum atomic E-state index is -3.61. The van der Waals surface area contributed by atoms with Crippen LogP contribution in [0.5, 0.6) is 0 Å². The van der Waals surface area contributed by atoms with Crippen molar-refractivity contribution in [3.8, 4) is 6.07 Å². The van der Waals surface area contributed by atoms with Gasteiger partial charge >= 0.3 is 0 Å². The van der Waals surface area contributed by atoms with Crippen LogP contribution in [0.1, 0.15) is 42.5 Å². The zero-order chi connectivity index (χ0) is 21.0. The lowest BCUT2D eigenvalue weighted by Crippen LogP contribution is -2.43. The van der Waals surface area contributed by atoms with Crippen LogP contribution in [0.2, 0.25) is 0 Å². The van der Waals surface area contributed by atoms with Gasteiger partial charge in [-0.3, -0.25) is 4.79 Å². The van der Waals surface area contributed by atoms with Crippen molar-refractivity contribution in [2.45, 2.75) is 37.6 Å². The van der Waals surface area contributed by atoms with E-state index in [9.17, 15) is 13.2 Å². The molecule has 29 heavy (non-hydrogen) atoms. The molecule has 1 atom stereocenters. The number of nitriles is 1. The molecule has 0 bridgehead atoms. The minimum absolute atomic E-state index is 0.0338. The summed E-state index contributed by atoms with van der Waals surface area (Å²) in [7, 11) is -3.61. The summed E-state index contributed by atoms with van der Waals surface area (Å²) in [6, 6.07) is 15.8. The average Bonchev–Trinajstić information content (AvgIpc) is 2.74. The average molecular weight is 412 g/mol. The predicted octanol–water partition coefficient (Wildman–Crippen LogP) is 3.14. The van der Waals surface area contributed by atoms with Crippen LogP contribution in [0, 0.1) is 24.2 Å². The zero-order valence-electron chi connectivity index (χ0n) is 16.6. The maximum atomic E-state index is 12.8. The van der Waals surface area contributed by atoms with E-state index in [-0.39, 0.29) is 22.8 Å². The van der Waals surface area contributed by atoms with Crippen LogP contribution in [0.4, 0.5) is 0 Å². The number of aryl methyl sites for hydroxylation is 1. The number of benzene rings is 2. The molecular weight excluding hydrogens is 386 g/mol. The third-order valence-electron chi connectivity index (χ3n) is 5.38. The van der Waals surface area contributed by atoms with Gasteiger partial charge in [-0.15, -0.1) is 0 Å². The van der Waals surface area contributed by atoms with Crippen LogP contribution >= 0.6 is 0 Å². The van der Waals surface area contributed by atoms with Gasteiger partial charge in [0.05, 0.1) is 22.6 Å². The Morgan fingerprint density at radius 3 is 2.24 bits per heavy atom. The van der Waals surface area contributed by atoms with E-state index >= 15 is 0 Å². The lowest BCUT2D eigenvalue weighted by molar-refractivity contribution is -0.126. The molecule has 0 radical (unpaired) electrons. The second kappa shape index (κ2) is 8.76. The molecule has 1 unspecified atom stereocenters. The number of sulfonamides is 1. The maximum Gasteiger partial charge on any atom is 0.243 e. The number of nitrogens with one attached hydrogen (secondary N) is 1. The molecule has 1 aliphatic heterocycles. The van der Waals surface area contributed by atoms with E-state index in [1.165, 1.54) is 34.1 Å². The summed E-state index contributed by atoms with van der Waals surface area (Å²) >= 11 is 0. The number of nitrogens with zero attached hydrogens (tertiary/aromatic N) is 2. The molecule has 1 heterocycles. The van der Waals surface area contributed by atoms with Gasteiger partial charge in [0, 0.05) is 19.0 Å². The molecule has 0 aromatic heterocycles. The summed E-state index contributed by atoms with van der Waals surface area (Å²) in [5.74, 6) is -0.233. The highest BCUT2D eigenvalue weighted by atomic mass is 32.2. The molecule has 7 heteroatoms. The predicted molar refractivity (Wildman–Crippen MR) is 110 cm³/mol. The molecule has 152 valence electrons. The number of carbonyl (C=O) groups is 1. The fourth-order valence-corrected chi connectivity index (χ4v) is 4.95. The van der Waals surface area contributed by atoms with Gasteiger partial charge in [-0.25, -0.2) is 8.42 Å². The number of rotatable bonds is 5. The number of carbonyl (C=O) groups excluding carboxylic acids is 1. The van der Waals surface area contributed by atoms with Crippen molar-refractivity contribution in [2.75, 3.05) is 13.1 Å². The summed E-state index contributed by atoms with van der Waals surface area (Å²) in [6.07, 6.45) is 0.976. The third-order valence-corrected chi connectivity index (χ3v) is 7.29. The van der Waals surface area contributed by atoms with Crippen molar-refractivity contribution in [1.82, 2.24) is 9.62 Å². The summed E-state index contributed by atoms with van der Waals surface area (Å²) in [6.45, 7) is 4.58. The topological polar surface area (TPSA) is 90.3 Å². The van der Waals surface area contributed by atoms with Crippen LogP contribution in [0.3, 0.4) is 0 Å². The van der Waals surface area contributed by atoms with Gasteiger partial charge in [0.15, 0.2) is 0 Å². The van der Waals surface area contributed by atoms with Gasteiger partial charge < -0.3 is 5.32 Å². The van der Waals surface area contributed by atoms with E-state index < -0.39 is 10.0 Å². The standard InChI is InChI=1S/C22H25N3O3S/c1-16-3-7-19(8-4-16)17(2)24-22(26)20-11-13-25(14-12-20)29(27,28)21-9-5-18(15-23)6-10-21/h3-10,17,20H,11-14H2,1-2H3,(H,24,26). The number of piperidine rings is 1. The molecule has 1 aliphatic rings. The lowest BCUT2D eigenvalue weighted by atomic mass is 9.96. The molecular formula is C22H25N3O3S. The number of hydrogen-bond donors (Lipinski definition) is 1. The monoisotopic (exact) mass is 411 g/mol. The Kier molecular flexibility index (Phi) is 6.36. The molecule has 0 saturated carbocycles. The van der Waals surface area contributed by atoms with Crippen LogP contribution in [-0.2, 0) is 14.8 Å². The number of hydrogen-bond acceptors (Lipinski definition) is 4. The first-order valence-electron chi connectivity index (χ1n) is 9.68. The van der Waals surface area contributed by atoms with E-state index in [2.05, 4.69) is 5.32 Å². The van der Waals surface area contributed by atoms with Crippen molar-refractivity contribution in [2.24, 2.45) is 5.92 Å². The Labute approximate surface area is 172 Å². The molecule has 2 aromatic rings. The minimum Gasteiger partial charge on any atom is -0.349 e. The fraction of sp³-hybridized carbons (Fsp3) is 0.364. The Morgan fingerprint density at radius 1 is 1.10 bits per heavy atom. The van der Waals surface area contributed by atoms with E-state index in [4.69, 9.17) is 5.26 Å². The first kappa shape index (κ1) is 21.0. The lowest BCUT2D eigenvalue weighted by Gasteiger charge is -2.31. The summed E-state index contributed by atoms with van der Waals surface area (Å²) < 4.78 is 27.0. The van der Waals surface area contributed by atoms with E-state index in [0.717, 1.165) is 5.56 Å². The Bertz CT molecular complexity index is 1000. The molecule has 1 fully saturated rings. The molecule has 1 amide bonds. The molecule has 0 spiro atoms. The largest absolute Gasteiger partial charge is 0.349 e. The van der Waals surface area contributed by atoms with Gasteiger partial charge in [0.2, 0.25) is 15.9 Å². The quantitative estimate of drug-likeness (QED) is 0.818. The Balaban J connectivity index is 1.58. The van der Waals surface area contributed by atoms with Gasteiger partial charge in [-0.05, 0) is 56.5 Å². The maximum absolute atomic E-state index is 12.8. The summed E-state index contributed by atoms with van der Waals surface area (Å²) in [5, 5.41) is 11.9. The molecule has 6 nitrogen and oxygen atoms in total. The molecule has 2 aromatic carbocycles. The highest BCUT2D eigenvalue weighted by Gasteiger charge is 2.32. The van der Waals surface area contributed by atoms with E-state index in [0.29, 0.717) is 31.5 Å². The second-order valence-corrected chi connectivity index (χ2v) is 9.39. The summed E-state index contributed by atoms with van der Waals surface area (Å²) in [5.41, 5.74) is 2.63. The molecule has 3 rings (SSSR count). The highest BCUT2D eigenvalue weighted by molar-refractivity contribution is 7.89. The Hall–Kier alpha value is -2.69. The highest BCUT2D eigenvalue weighted by Crippen LogP contribution is 2.25. The van der Waals surface area contributed by atoms with Crippen LogP contribution in [0.15, 0.2) is 53.4 Å². The van der Waals surface area contributed by atoms with E-state index in [1.54, 1.807) is 0 Å². The fourth-order valence-electron chi connectivity index (χ4n) is 3.48. The van der Waals surface area contributed by atoms with Gasteiger partial charge in [-0.1, -0.05) is 29.8 Å². The van der Waals surface area contributed by atoms with Crippen molar-refractivity contribution in [1.29, 1.82) is 5.26 Å². The number of amides is 1. The normalized spacial score (nSPS) is 16.7. The van der Waals surface area contributed by atoms with Crippen molar-refractivity contribution >= 4 is 15.9 Å². The van der Waals surface area contributed by atoms with E-state index in [1.807, 2.05) is 44.2 Å². The third kappa shape index (κ3) is 4.84. The molecule has 1 N–H and O–H groups in total. The van der Waals surface area contributed by atoms with Gasteiger partial charge in [0.25, 0.3) is 0 Å².